The van der Waals surface area contributed by atoms with Crippen molar-refractivity contribution in [3.05, 3.63) is 64.1 Å². The van der Waals surface area contributed by atoms with Crippen molar-refractivity contribution in [1.82, 2.24) is 4.90 Å². The molecule has 0 amide bonds. The van der Waals surface area contributed by atoms with Crippen molar-refractivity contribution in [2.24, 2.45) is 0 Å². The minimum absolute atomic E-state index is 0.264. The summed E-state index contributed by atoms with van der Waals surface area (Å²) in [4.78, 5) is 14.5. The number of carbonyl (C=O) groups is 1. The van der Waals surface area contributed by atoms with Crippen molar-refractivity contribution in [1.29, 1.82) is 0 Å². The molecule has 0 radical (unpaired) electrons. The number of hydrogen-bond acceptors (Lipinski definition) is 4. The summed E-state index contributed by atoms with van der Waals surface area (Å²) in [6.07, 6.45) is 3.81. The van der Waals surface area contributed by atoms with Gasteiger partial charge in [-0.3, -0.25) is 4.90 Å². The van der Waals surface area contributed by atoms with Crippen LogP contribution in [0.1, 0.15) is 35.2 Å². The van der Waals surface area contributed by atoms with Gasteiger partial charge < -0.3 is 9.47 Å². The third kappa shape index (κ3) is 5.58. The Kier molecular flexibility index (Phi) is 7.09. The summed E-state index contributed by atoms with van der Waals surface area (Å²) in [5, 5.41) is 0. The highest BCUT2D eigenvalue weighted by molar-refractivity contribution is 9.10. The van der Waals surface area contributed by atoms with E-state index in [0.717, 1.165) is 35.4 Å². The van der Waals surface area contributed by atoms with Crippen LogP contribution in [0.4, 0.5) is 0 Å². The SMILES string of the molecule is O=C(OCCN1CCCCC1)c1ccc(COc2ccccc2Br)cc1. The first-order valence-electron chi connectivity index (χ1n) is 9.08. The van der Waals surface area contributed by atoms with E-state index in [2.05, 4.69) is 20.8 Å². The summed E-state index contributed by atoms with van der Waals surface area (Å²) in [7, 11) is 0. The third-order valence-electron chi connectivity index (χ3n) is 4.51. The molecule has 1 aliphatic heterocycles. The van der Waals surface area contributed by atoms with E-state index in [1.807, 2.05) is 36.4 Å². The lowest BCUT2D eigenvalue weighted by molar-refractivity contribution is 0.0452. The number of benzene rings is 2. The lowest BCUT2D eigenvalue weighted by Crippen LogP contribution is -2.33. The van der Waals surface area contributed by atoms with Crippen molar-refractivity contribution in [2.45, 2.75) is 25.9 Å². The van der Waals surface area contributed by atoms with Crippen LogP contribution in [0, 0.1) is 0 Å². The van der Waals surface area contributed by atoms with Crippen molar-refractivity contribution in [3.8, 4) is 5.75 Å². The van der Waals surface area contributed by atoms with Gasteiger partial charge in [0.05, 0.1) is 10.0 Å². The van der Waals surface area contributed by atoms with E-state index in [1.54, 1.807) is 12.1 Å². The molecule has 138 valence electrons. The van der Waals surface area contributed by atoms with Gasteiger partial charge >= 0.3 is 5.97 Å². The average molecular weight is 418 g/mol. The van der Waals surface area contributed by atoms with Crippen LogP contribution in [-0.2, 0) is 11.3 Å². The van der Waals surface area contributed by atoms with Gasteiger partial charge in [0.1, 0.15) is 19.0 Å². The summed E-state index contributed by atoms with van der Waals surface area (Å²) in [5.74, 6) is 0.536. The van der Waals surface area contributed by atoms with E-state index < -0.39 is 0 Å². The molecule has 0 aromatic heterocycles. The molecule has 5 heteroatoms. The second-order valence-electron chi connectivity index (χ2n) is 6.45. The molecule has 0 unspecified atom stereocenters. The van der Waals surface area contributed by atoms with E-state index in [0.29, 0.717) is 18.8 Å². The highest BCUT2D eigenvalue weighted by Crippen LogP contribution is 2.24. The van der Waals surface area contributed by atoms with Crippen molar-refractivity contribution >= 4 is 21.9 Å². The molecule has 0 spiro atoms. The molecule has 1 saturated heterocycles. The molecule has 0 bridgehead atoms. The number of likely N-dealkylation sites (tertiary alicyclic amines) is 1. The number of halogens is 1. The van der Waals surface area contributed by atoms with Gasteiger partial charge in [0.15, 0.2) is 0 Å². The van der Waals surface area contributed by atoms with Crippen LogP contribution in [0.3, 0.4) is 0 Å². The predicted molar refractivity (Wildman–Crippen MR) is 105 cm³/mol. The Morgan fingerprint density at radius 2 is 1.73 bits per heavy atom. The van der Waals surface area contributed by atoms with Gasteiger partial charge in [-0.25, -0.2) is 4.79 Å². The van der Waals surface area contributed by atoms with Crippen molar-refractivity contribution < 1.29 is 14.3 Å². The normalized spacial score (nSPS) is 14.8. The number of piperidine rings is 1. The van der Waals surface area contributed by atoms with Gasteiger partial charge in [-0.15, -0.1) is 0 Å². The van der Waals surface area contributed by atoms with Gasteiger partial charge in [0.2, 0.25) is 0 Å². The van der Waals surface area contributed by atoms with Gasteiger partial charge in [0.25, 0.3) is 0 Å². The van der Waals surface area contributed by atoms with E-state index in [-0.39, 0.29) is 5.97 Å². The number of nitrogens with zero attached hydrogens (tertiary/aromatic N) is 1. The fourth-order valence-electron chi connectivity index (χ4n) is 2.99. The largest absolute Gasteiger partial charge is 0.488 e. The van der Waals surface area contributed by atoms with Crippen LogP contribution in [0.2, 0.25) is 0 Å². The zero-order valence-corrected chi connectivity index (χ0v) is 16.4. The van der Waals surface area contributed by atoms with Gasteiger partial charge in [-0.2, -0.15) is 0 Å². The predicted octanol–water partition coefficient (Wildman–Crippen LogP) is 4.67. The molecule has 0 saturated carbocycles. The highest BCUT2D eigenvalue weighted by Gasteiger charge is 2.12. The molecule has 1 heterocycles. The minimum atomic E-state index is -0.264. The fraction of sp³-hybridized carbons (Fsp3) is 0.381. The summed E-state index contributed by atoms with van der Waals surface area (Å²) in [6, 6.07) is 15.1. The van der Waals surface area contributed by atoms with E-state index >= 15 is 0 Å². The molecule has 1 fully saturated rings. The topological polar surface area (TPSA) is 38.8 Å². The average Bonchev–Trinajstić information content (AvgIpc) is 2.68. The quantitative estimate of drug-likeness (QED) is 0.613. The number of rotatable bonds is 7. The first-order valence-corrected chi connectivity index (χ1v) is 9.87. The van der Waals surface area contributed by atoms with E-state index in [4.69, 9.17) is 9.47 Å². The Labute approximate surface area is 163 Å². The molecule has 0 atom stereocenters. The maximum atomic E-state index is 12.1. The second kappa shape index (κ2) is 9.74. The summed E-state index contributed by atoms with van der Waals surface area (Å²) in [5.41, 5.74) is 1.58. The maximum absolute atomic E-state index is 12.1. The van der Waals surface area contributed by atoms with E-state index in [9.17, 15) is 4.79 Å². The monoisotopic (exact) mass is 417 g/mol. The third-order valence-corrected chi connectivity index (χ3v) is 5.17. The zero-order chi connectivity index (χ0) is 18.2. The summed E-state index contributed by atoms with van der Waals surface area (Å²) >= 11 is 3.46. The number of esters is 1. The Balaban J connectivity index is 1.44. The Hall–Kier alpha value is -1.85. The number of hydrogen-bond donors (Lipinski definition) is 0. The maximum Gasteiger partial charge on any atom is 0.338 e. The molecule has 0 aliphatic carbocycles. The molecule has 3 rings (SSSR count). The van der Waals surface area contributed by atoms with Crippen molar-refractivity contribution in [2.75, 3.05) is 26.2 Å². The fourth-order valence-corrected chi connectivity index (χ4v) is 3.39. The second-order valence-corrected chi connectivity index (χ2v) is 7.31. The van der Waals surface area contributed by atoms with Crippen LogP contribution < -0.4 is 4.74 Å². The number of para-hydroxylation sites is 1. The molecule has 26 heavy (non-hydrogen) atoms. The Morgan fingerprint density at radius 1 is 1.00 bits per heavy atom. The van der Waals surface area contributed by atoms with Gasteiger partial charge in [-0.1, -0.05) is 30.7 Å². The lowest BCUT2D eigenvalue weighted by atomic mass is 10.1. The first-order chi connectivity index (χ1) is 12.7. The Bertz CT molecular complexity index is 711. The number of ether oxygens (including phenoxy) is 2. The first kappa shape index (κ1) is 18.9. The summed E-state index contributed by atoms with van der Waals surface area (Å²) in [6.45, 7) is 3.95. The minimum Gasteiger partial charge on any atom is -0.488 e. The van der Waals surface area contributed by atoms with E-state index in [1.165, 1.54) is 19.3 Å². The standard InChI is InChI=1S/C21H24BrNO3/c22-19-6-2-3-7-20(19)26-16-17-8-10-18(11-9-17)21(24)25-15-14-23-12-4-1-5-13-23/h2-3,6-11H,1,4-5,12-16H2. The molecule has 4 nitrogen and oxygen atoms in total. The van der Waals surface area contributed by atoms with Gasteiger partial charge in [0, 0.05) is 6.54 Å². The Morgan fingerprint density at radius 3 is 2.46 bits per heavy atom. The van der Waals surface area contributed by atoms with Crippen LogP contribution >= 0.6 is 15.9 Å². The molecule has 2 aromatic rings. The van der Waals surface area contributed by atoms with Crippen LogP contribution in [0.15, 0.2) is 53.0 Å². The smallest absolute Gasteiger partial charge is 0.338 e. The molecular weight excluding hydrogens is 394 g/mol. The summed E-state index contributed by atoms with van der Waals surface area (Å²) < 4.78 is 12.1. The molecule has 0 N–H and O–H groups in total. The molecule has 2 aromatic carbocycles. The molecule has 1 aliphatic rings. The van der Waals surface area contributed by atoms with Crippen LogP contribution in [-0.4, -0.2) is 37.1 Å². The number of carbonyl (C=O) groups excluding carboxylic acids is 1. The van der Waals surface area contributed by atoms with Crippen molar-refractivity contribution in [3.63, 3.8) is 0 Å². The zero-order valence-electron chi connectivity index (χ0n) is 14.8. The van der Waals surface area contributed by atoms with Crippen LogP contribution in [0.5, 0.6) is 5.75 Å². The lowest BCUT2D eigenvalue weighted by Gasteiger charge is -2.25. The highest BCUT2D eigenvalue weighted by atomic mass is 79.9. The van der Waals surface area contributed by atoms with Gasteiger partial charge in [-0.05, 0) is 71.7 Å². The molecular formula is C21H24BrNO3. The van der Waals surface area contributed by atoms with Crippen LogP contribution in [0.25, 0.3) is 0 Å².